The summed E-state index contributed by atoms with van der Waals surface area (Å²) in [7, 11) is 0. The fourth-order valence-corrected chi connectivity index (χ4v) is 4.94. The van der Waals surface area contributed by atoms with Gasteiger partial charge in [0.1, 0.15) is 6.10 Å². The van der Waals surface area contributed by atoms with Crippen molar-refractivity contribution in [1.82, 2.24) is 5.32 Å². The molecule has 1 N–H and O–H groups in total. The molecule has 2 aliphatic rings. The highest BCUT2D eigenvalue weighted by Gasteiger charge is 2.58. The van der Waals surface area contributed by atoms with Crippen LogP contribution >= 0.6 is 0 Å². The topological polar surface area (TPSA) is 66.0 Å². The second-order valence-electron chi connectivity index (χ2n) is 10.5. The number of carbonyl (C=O) groups is 1. The van der Waals surface area contributed by atoms with E-state index in [1.54, 1.807) is 19.9 Å². The van der Waals surface area contributed by atoms with Crippen molar-refractivity contribution in [2.45, 2.75) is 95.7 Å². The van der Waals surface area contributed by atoms with Crippen molar-refractivity contribution in [2.75, 3.05) is 0 Å². The molecule has 4 atom stereocenters. The van der Waals surface area contributed by atoms with Crippen molar-refractivity contribution in [1.29, 1.82) is 0 Å². The molecule has 0 unspecified atom stereocenters. The Morgan fingerprint density at radius 2 is 1.73 bits per heavy atom. The summed E-state index contributed by atoms with van der Waals surface area (Å²) in [5, 5.41) is 2.97. The lowest BCUT2D eigenvalue weighted by molar-refractivity contribution is -0.183. The zero-order valence-corrected chi connectivity index (χ0v) is 21.5. The van der Waals surface area contributed by atoms with Gasteiger partial charge in [0.15, 0.2) is 11.4 Å². The summed E-state index contributed by atoms with van der Waals surface area (Å²) < 4.78 is 64.4. The number of amides is 1. The number of alkyl halides is 3. The van der Waals surface area contributed by atoms with E-state index >= 15 is 0 Å². The first-order valence-corrected chi connectivity index (χ1v) is 12.5. The molecular formula is C28H34F3NO5. The minimum atomic E-state index is -4.45. The third-order valence-electron chi connectivity index (χ3n) is 6.56. The van der Waals surface area contributed by atoms with Crippen molar-refractivity contribution in [3.63, 3.8) is 0 Å². The molecule has 0 bridgehead atoms. The molecule has 37 heavy (non-hydrogen) atoms. The first-order chi connectivity index (χ1) is 17.4. The van der Waals surface area contributed by atoms with Gasteiger partial charge in [-0.25, -0.2) is 0 Å². The van der Waals surface area contributed by atoms with Crippen molar-refractivity contribution in [3.8, 4) is 0 Å². The maximum Gasteiger partial charge on any atom is 0.416 e. The van der Waals surface area contributed by atoms with E-state index in [2.05, 4.69) is 5.32 Å². The van der Waals surface area contributed by atoms with Gasteiger partial charge < -0.3 is 24.3 Å². The van der Waals surface area contributed by atoms with E-state index in [9.17, 15) is 18.0 Å². The highest BCUT2D eigenvalue weighted by molar-refractivity contribution is 5.85. The van der Waals surface area contributed by atoms with E-state index in [4.69, 9.17) is 18.9 Å². The Morgan fingerprint density at radius 1 is 1.03 bits per heavy atom. The average Bonchev–Trinajstić information content (AvgIpc) is 3.14. The Bertz CT molecular complexity index is 1070. The second kappa shape index (κ2) is 10.7. The zero-order valence-electron chi connectivity index (χ0n) is 21.5. The number of hydrogen-bond acceptors (Lipinski definition) is 5. The van der Waals surface area contributed by atoms with Crippen LogP contribution in [0.2, 0.25) is 0 Å². The predicted octanol–water partition coefficient (Wildman–Crippen LogP) is 5.38. The number of hydrogen-bond donors (Lipinski definition) is 1. The van der Waals surface area contributed by atoms with E-state index in [0.29, 0.717) is 5.56 Å². The molecule has 4 rings (SSSR count). The molecule has 1 aliphatic carbocycles. The van der Waals surface area contributed by atoms with Gasteiger partial charge in [-0.3, -0.25) is 4.79 Å². The second-order valence-corrected chi connectivity index (χ2v) is 10.5. The molecule has 6 nitrogen and oxygen atoms in total. The van der Waals surface area contributed by atoms with Gasteiger partial charge in [-0.1, -0.05) is 42.5 Å². The summed E-state index contributed by atoms with van der Waals surface area (Å²) in [6, 6.07) is 14.4. The van der Waals surface area contributed by atoms with Gasteiger partial charge >= 0.3 is 6.18 Å². The van der Waals surface area contributed by atoms with E-state index < -0.39 is 41.4 Å². The standard InChI is InChI=1S/C28H34F3NO5/c1-18(2)32-25(33)27(35-17-19-9-6-5-7-10-19)14-22(24-23(15-27)36-26(3,4)37-24)34-16-20-11-8-12-21(13-20)28(29,30)31/h5-13,18,22-24H,14-17H2,1-4H3,(H,32,33)/t22-,23+,24-,27+/m0/s1. The molecule has 1 aliphatic heterocycles. The van der Waals surface area contributed by atoms with Crippen molar-refractivity contribution in [2.24, 2.45) is 0 Å². The van der Waals surface area contributed by atoms with Crippen LogP contribution in [0.25, 0.3) is 0 Å². The third-order valence-corrected chi connectivity index (χ3v) is 6.56. The highest BCUT2D eigenvalue weighted by atomic mass is 19.4. The minimum Gasteiger partial charge on any atom is -0.371 e. The number of benzene rings is 2. The fraction of sp³-hybridized carbons (Fsp3) is 0.536. The quantitative estimate of drug-likeness (QED) is 0.505. The van der Waals surface area contributed by atoms with E-state index in [1.807, 2.05) is 44.2 Å². The van der Waals surface area contributed by atoms with Gasteiger partial charge in [-0.05, 0) is 51.0 Å². The normalized spacial score (nSPS) is 27.2. The van der Waals surface area contributed by atoms with Gasteiger partial charge in [0.2, 0.25) is 0 Å². The third kappa shape index (κ3) is 6.71. The van der Waals surface area contributed by atoms with Crippen LogP contribution in [0.3, 0.4) is 0 Å². The summed E-state index contributed by atoms with van der Waals surface area (Å²) >= 11 is 0. The Labute approximate surface area is 215 Å². The monoisotopic (exact) mass is 521 g/mol. The molecule has 0 radical (unpaired) electrons. The van der Waals surface area contributed by atoms with E-state index in [1.165, 1.54) is 6.07 Å². The lowest BCUT2D eigenvalue weighted by Gasteiger charge is -2.43. The molecule has 1 amide bonds. The highest BCUT2D eigenvalue weighted by Crippen LogP contribution is 2.44. The summed E-state index contributed by atoms with van der Waals surface area (Å²) in [5.41, 5.74) is -0.735. The number of rotatable bonds is 8. The predicted molar refractivity (Wildman–Crippen MR) is 130 cm³/mol. The SMILES string of the molecule is CC(C)NC(=O)[C@@]1(OCc2ccccc2)C[C@H](OCc2cccc(C(F)(F)F)c2)[C@@H]2OC(C)(C)O[C@@H]2C1. The van der Waals surface area contributed by atoms with Crippen molar-refractivity contribution < 1.29 is 36.9 Å². The molecule has 9 heteroatoms. The van der Waals surface area contributed by atoms with Crippen LogP contribution in [0, 0.1) is 0 Å². The lowest BCUT2D eigenvalue weighted by Crippen LogP contribution is -2.60. The molecule has 1 saturated carbocycles. The summed E-state index contributed by atoms with van der Waals surface area (Å²) in [4.78, 5) is 13.6. The smallest absolute Gasteiger partial charge is 0.371 e. The van der Waals surface area contributed by atoms with Crippen LogP contribution < -0.4 is 5.32 Å². The number of fused-ring (bicyclic) bond motifs is 1. The number of carbonyl (C=O) groups excluding carboxylic acids is 1. The maximum atomic E-state index is 13.6. The maximum absolute atomic E-state index is 13.6. The average molecular weight is 522 g/mol. The van der Waals surface area contributed by atoms with E-state index in [-0.39, 0.29) is 38.0 Å². The molecule has 0 spiro atoms. The van der Waals surface area contributed by atoms with Crippen LogP contribution in [0.1, 0.15) is 57.2 Å². The Morgan fingerprint density at radius 3 is 2.41 bits per heavy atom. The Kier molecular flexibility index (Phi) is 7.99. The molecule has 202 valence electrons. The number of ether oxygens (including phenoxy) is 4. The van der Waals surface area contributed by atoms with Gasteiger partial charge in [0, 0.05) is 18.9 Å². The van der Waals surface area contributed by atoms with Gasteiger partial charge in [-0.15, -0.1) is 0 Å². The summed E-state index contributed by atoms with van der Waals surface area (Å²) in [6.45, 7) is 7.44. The van der Waals surface area contributed by atoms with Gasteiger partial charge in [0.25, 0.3) is 5.91 Å². The van der Waals surface area contributed by atoms with Crippen molar-refractivity contribution in [3.05, 3.63) is 71.3 Å². The van der Waals surface area contributed by atoms with Crippen LogP contribution in [-0.2, 0) is 43.1 Å². The molecule has 2 fully saturated rings. The fourth-order valence-electron chi connectivity index (χ4n) is 4.94. The zero-order chi connectivity index (χ0) is 26.8. The van der Waals surface area contributed by atoms with Gasteiger partial charge in [-0.2, -0.15) is 13.2 Å². The lowest BCUT2D eigenvalue weighted by atomic mass is 9.78. The van der Waals surface area contributed by atoms with Crippen molar-refractivity contribution >= 4 is 5.91 Å². The van der Waals surface area contributed by atoms with Crippen LogP contribution in [0.15, 0.2) is 54.6 Å². The van der Waals surface area contributed by atoms with Gasteiger partial charge in [0.05, 0.1) is 31.0 Å². The summed E-state index contributed by atoms with van der Waals surface area (Å²) in [5.74, 6) is -1.19. The van der Waals surface area contributed by atoms with Crippen LogP contribution in [-0.4, -0.2) is 41.6 Å². The molecule has 0 aromatic heterocycles. The van der Waals surface area contributed by atoms with Crippen LogP contribution in [0.5, 0.6) is 0 Å². The number of halogens is 3. The molecule has 2 aromatic carbocycles. The molecule has 1 saturated heterocycles. The first kappa shape index (κ1) is 27.6. The molecule has 2 aromatic rings. The Balaban J connectivity index is 1.60. The van der Waals surface area contributed by atoms with E-state index in [0.717, 1.165) is 17.7 Å². The Hall–Kier alpha value is -2.46. The number of nitrogens with one attached hydrogen (secondary N) is 1. The van der Waals surface area contributed by atoms with Crippen LogP contribution in [0.4, 0.5) is 13.2 Å². The molecule has 1 heterocycles. The molecular weight excluding hydrogens is 487 g/mol. The largest absolute Gasteiger partial charge is 0.416 e. The first-order valence-electron chi connectivity index (χ1n) is 12.5. The minimum absolute atomic E-state index is 0.0812. The summed E-state index contributed by atoms with van der Waals surface area (Å²) in [6.07, 6.45) is -5.67.